The highest BCUT2D eigenvalue weighted by Crippen LogP contribution is 2.52. The van der Waals surface area contributed by atoms with E-state index in [1.54, 1.807) is 9.80 Å². The lowest BCUT2D eigenvalue weighted by Crippen LogP contribution is -2.91. The maximum absolute atomic E-state index is 13.0. The zero-order valence-corrected chi connectivity index (χ0v) is 20.6. The van der Waals surface area contributed by atoms with Gasteiger partial charge >= 0.3 is 5.97 Å². The maximum atomic E-state index is 13.0. The van der Waals surface area contributed by atoms with E-state index in [9.17, 15) is 14.4 Å². The Balaban J connectivity index is 1.61. The molecule has 4 rings (SSSR count). The fourth-order valence-electron chi connectivity index (χ4n) is 4.04. The number of nitrogens with two attached hydrogens (primary N) is 1. The SMILES string of the molecule is CC1(CBr)CN2C(=O)C(N)(NC3(C(=O)OCC(Cl)(Cl)Cl)C(=O)N4CCS[C@H]43)[C@@H]2S1. The second-order valence-corrected chi connectivity index (χ2v) is 13.6. The number of nitrogens with one attached hydrogen (secondary N) is 1. The number of carbonyl (C=O) groups is 3. The van der Waals surface area contributed by atoms with Crippen LogP contribution in [-0.2, 0) is 19.1 Å². The topological polar surface area (TPSA) is 105 Å². The summed E-state index contributed by atoms with van der Waals surface area (Å²) in [4.78, 5) is 42.1. The zero-order chi connectivity index (χ0) is 21.4. The zero-order valence-electron chi connectivity index (χ0n) is 15.1. The molecule has 3 unspecified atom stereocenters. The molecule has 2 amide bonds. The van der Waals surface area contributed by atoms with Crippen LogP contribution in [0, 0.1) is 0 Å². The number of β-lactam (4-membered cyclic amide) rings is 2. The second kappa shape index (κ2) is 7.19. The molecule has 0 aromatic carbocycles. The molecule has 8 nitrogen and oxygen atoms in total. The van der Waals surface area contributed by atoms with Gasteiger partial charge in [0.2, 0.25) is 9.33 Å². The summed E-state index contributed by atoms with van der Waals surface area (Å²) in [7, 11) is 0. The molecule has 0 saturated carbocycles. The minimum absolute atomic E-state index is 0.218. The number of alkyl halides is 4. The second-order valence-electron chi connectivity index (χ2n) is 7.70. The van der Waals surface area contributed by atoms with Crippen molar-refractivity contribution < 1.29 is 19.1 Å². The summed E-state index contributed by atoms with van der Waals surface area (Å²) in [6.07, 6.45) is 0. The summed E-state index contributed by atoms with van der Waals surface area (Å²) in [6.45, 7) is 2.53. The van der Waals surface area contributed by atoms with Crippen LogP contribution in [0.2, 0.25) is 0 Å². The third kappa shape index (κ3) is 3.30. The molecule has 4 aliphatic heterocycles. The van der Waals surface area contributed by atoms with Crippen molar-refractivity contribution in [3.8, 4) is 0 Å². The summed E-state index contributed by atoms with van der Waals surface area (Å²) < 4.78 is 3.12. The van der Waals surface area contributed by atoms with Crippen LogP contribution in [-0.4, -0.2) is 88.9 Å². The number of halogens is 4. The molecule has 0 spiro atoms. The first-order valence-electron chi connectivity index (χ1n) is 8.68. The normalized spacial score (nSPS) is 41.0. The van der Waals surface area contributed by atoms with E-state index >= 15 is 0 Å². The van der Waals surface area contributed by atoms with E-state index in [2.05, 4.69) is 21.2 Å². The highest BCUT2D eigenvalue weighted by molar-refractivity contribution is 9.09. The molecule has 3 N–H and O–H groups in total. The van der Waals surface area contributed by atoms with Gasteiger partial charge in [-0.15, -0.1) is 23.5 Å². The Hall–Kier alpha value is 0.380. The minimum Gasteiger partial charge on any atom is -0.459 e. The van der Waals surface area contributed by atoms with Gasteiger partial charge in [0, 0.05) is 28.9 Å². The fourth-order valence-corrected chi connectivity index (χ4v) is 7.65. The van der Waals surface area contributed by atoms with Gasteiger partial charge in [-0.25, -0.2) is 4.79 Å². The number of rotatable bonds is 5. The molecular weight excluding hydrogens is 551 g/mol. The van der Waals surface area contributed by atoms with Crippen molar-refractivity contribution in [1.29, 1.82) is 0 Å². The number of thioether (sulfide) groups is 2. The van der Waals surface area contributed by atoms with E-state index in [0.29, 0.717) is 24.2 Å². The Morgan fingerprint density at radius 3 is 2.66 bits per heavy atom. The van der Waals surface area contributed by atoms with Crippen LogP contribution < -0.4 is 11.1 Å². The third-order valence-corrected chi connectivity index (χ3v) is 10.4. The van der Waals surface area contributed by atoms with Gasteiger partial charge in [0.1, 0.15) is 17.4 Å². The summed E-state index contributed by atoms with van der Waals surface area (Å²) in [6, 6.07) is 0. The molecular formula is C15H18BrCl3N4O4S2. The Morgan fingerprint density at radius 1 is 1.34 bits per heavy atom. The molecule has 0 aromatic rings. The summed E-state index contributed by atoms with van der Waals surface area (Å²) in [5.41, 5.74) is 3.10. The van der Waals surface area contributed by atoms with Crippen molar-refractivity contribution in [2.75, 3.05) is 30.8 Å². The highest BCUT2D eigenvalue weighted by Gasteiger charge is 2.75. The standard InChI is InChI=1S/C15H18BrCl3N4O4S2/c1-12(4-16)5-23-8(25)15(20,10(23)29-12)21-14(11(26)27-6-13(17,18)19)7(24)22-2-3-28-9(14)22/h9-10,21H,2-6,20H2,1H3/t9-,10-,12?,14?,15?/m0/s1. The van der Waals surface area contributed by atoms with Gasteiger partial charge in [-0.2, -0.15) is 0 Å². The first-order chi connectivity index (χ1) is 13.4. The number of carbonyl (C=O) groups excluding carboxylic acids is 3. The smallest absolute Gasteiger partial charge is 0.339 e. The number of hydrogen-bond acceptors (Lipinski definition) is 8. The van der Waals surface area contributed by atoms with E-state index in [0.717, 1.165) is 0 Å². The van der Waals surface area contributed by atoms with Gasteiger partial charge in [0.15, 0.2) is 5.66 Å². The quantitative estimate of drug-likeness (QED) is 0.166. The molecule has 0 radical (unpaired) electrons. The number of esters is 1. The highest BCUT2D eigenvalue weighted by atomic mass is 79.9. The van der Waals surface area contributed by atoms with Crippen LogP contribution >= 0.6 is 74.3 Å². The van der Waals surface area contributed by atoms with E-state index in [1.165, 1.54) is 23.5 Å². The lowest BCUT2D eigenvalue weighted by molar-refractivity contribution is -0.180. The molecule has 0 aliphatic carbocycles. The van der Waals surface area contributed by atoms with Gasteiger partial charge in [-0.3, -0.25) is 14.9 Å². The largest absolute Gasteiger partial charge is 0.459 e. The van der Waals surface area contributed by atoms with Gasteiger partial charge in [-0.1, -0.05) is 50.7 Å². The lowest BCUT2D eigenvalue weighted by Gasteiger charge is -2.58. The molecule has 29 heavy (non-hydrogen) atoms. The van der Waals surface area contributed by atoms with Crippen molar-refractivity contribution in [2.24, 2.45) is 5.73 Å². The van der Waals surface area contributed by atoms with Crippen molar-refractivity contribution >= 4 is 92.0 Å². The van der Waals surface area contributed by atoms with Gasteiger partial charge in [0.25, 0.3) is 11.8 Å². The number of hydrogen-bond donors (Lipinski definition) is 2. The average Bonchev–Trinajstić information content (AvgIpc) is 3.25. The van der Waals surface area contributed by atoms with Crippen molar-refractivity contribution in [3.63, 3.8) is 0 Å². The van der Waals surface area contributed by atoms with Crippen molar-refractivity contribution in [3.05, 3.63) is 0 Å². The monoisotopic (exact) mass is 566 g/mol. The number of fused-ring (bicyclic) bond motifs is 2. The Morgan fingerprint density at radius 2 is 2.03 bits per heavy atom. The van der Waals surface area contributed by atoms with E-state index in [-0.39, 0.29) is 10.7 Å². The van der Waals surface area contributed by atoms with E-state index < -0.39 is 44.2 Å². The minimum atomic E-state index is -1.82. The van der Waals surface area contributed by atoms with Gasteiger partial charge in [0.05, 0.1) is 0 Å². The van der Waals surface area contributed by atoms with Gasteiger partial charge < -0.3 is 20.3 Å². The fraction of sp³-hybridized carbons (Fsp3) is 0.800. The van der Waals surface area contributed by atoms with Crippen molar-refractivity contribution in [1.82, 2.24) is 15.1 Å². The first-order valence-corrected chi connectivity index (χ1v) is 12.9. The van der Waals surface area contributed by atoms with Crippen LogP contribution in [0.25, 0.3) is 0 Å². The Bertz CT molecular complexity index is 791. The van der Waals surface area contributed by atoms with Crippen LogP contribution in [0.5, 0.6) is 0 Å². The van der Waals surface area contributed by atoms with E-state index in [4.69, 9.17) is 45.3 Å². The predicted octanol–water partition coefficient (Wildman–Crippen LogP) is 0.867. The molecule has 4 saturated heterocycles. The number of ether oxygens (including phenoxy) is 1. The molecule has 4 heterocycles. The summed E-state index contributed by atoms with van der Waals surface area (Å²) >= 11 is 23.5. The summed E-state index contributed by atoms with van der Waals surface area (Å²) in [5.74, 6) is -1.08. The van der Waals surface area contributed by atoms with Crippen molar-refractivity contribution in [2.45, 2.75) is 37.4 Å². The molecule has 5 atom stereocenters. The number of amides is 2. The van der Waals surface area contributed by atoms with Gasteiger partial charge in [-0.05, 0) is 6.92 Å². The first kappa shape index (κ1) is 22.6. The van der Waals surface area contributed by atoms with Crippen LogP contribution in [0.1, 0.15) is 6.92 Å². The molecule has 4 aliphatic rings. The Labute approximate surface area is 199 Å². The predicted molar refractivity (Wildman–Crippen MR) is 117 cm³/mol. The third-order valence-electron chi connectivity index (χ3n) is 5.42. The summed E-state index contributed by atoms with van der Waals surface area (Å²) in [5, 5.41) is 2.64. The number of nitrogens with zero attached hydrogens (tertiary/aromatic N) is 2. The Kier molecular flexibility index (Phi) is 5.60. The van der Waals surface area contributed by atoms with Crippen LogP contribution in [0.3, 0.4) is 0 Å². The molecule has 14 heteroatoms. The van der Waals surface area contributed by atoms with Crippen LogP contribution in [0.4, 0.5) is 0 Å². The average molecular weight is 569 g/mol. The molecule has 0 bridgehead atoms. The maximum Gasteiger partial charge on any atom is 0.339 e. The molecule has 162 valence electrons. The van der Waals surface area contributed by atoms with E-state index in [1.807, 2.05) is 6.92 Å². The molecule has 0 aromatic heterocycles. The lowest BCUT2D eigenvalue weighted by atomic mass is 9.83. The van der Waals surface area contributed by atoms with Crippen LogP contribution in [0.15, 0.2) is 0 Å². The molecule has 4 fully saturated rings.